The van der Waals surface area contributed by atoms with E-state index >= 15 is 0 Å². The van der Waals surface area contributed by atoms with E-state index in [4.69, 9.17) is 4.74 Å². The minimum absolute atomic E-state index is 0.113. The summed E-state index contributed by atoms with van der Waals surface area (Å²) in [6.07, 6.45) is -0.584. The Hall–Kier alpha value is -4.34. The average Bonchev–Trinajstić information content (AvgIpc) is 3.05. The third-order valence-electron chi connectivity index (χ3n) is 8.66. The number of hydrogen-bond acceptors (Lipinski definition) is 5. The maximum atomic E-state index is 13.2. The first-order chi connectivity index (χ1) is 21.6. The number of halogens is 3. The van der Waals surface area contributed by atoms with Crippen molar-refractivity contribution in [1.82, 2.24) is 4.90 Å². The van der Waals surface area contributed by atoms with Crippen LogP contribution in [0.1, 0.15) is 54.9 Å². The van der Waals surface area contributed by atoms with E-state index in [2.05, 4.69) is 10.2 Å². The molecule has 0 radical (unpaired) electrons. The third kappa shape index (κ3) is 8.04. The quantitative estimate of drug-likeness (QED) is 0.273. The van der Waals surface area contributed by atoms with Gasteiger partial charge in [0.2, 0.25) is 5.91 Å². The zero-order valence-corrected chi connectivity index (χ0v) is 25.3. The number of amides is 2. The fourth-order valence-corrected chi connectivity index (χ4v) is 6.15. The van der Waals surface area contributed by atoms with Gasteiger partial charge in [-0.1, -0.05) is 30.3 Å². The molecule has 0 aliphatic carbocycles. The Morgan fingerprint density at radius 2 is 1.58 bits per heavy atom. The van der Waals surface area contributed by atoms with Gasteiger partial charge in [-0.2, -0.15) is 13.2 Å². The van der Waals surface area contributed by atoms with Crippen LogP contribution >= 0.6 is 0 Å². The third-order valence-corrected chi connectivity index (χ3v) is 8.66. The fourth-order valence-electron chi connectivity index (χ4n) is 6.15. The van der Waals surface area contributed by atoms with Crippen LogP contribution in [0, 0.1) is 11.8 Å². The van der Waals surface area contributed by atoms with Crippen molar-refractivity contribution < 1.29 is 32.3 Å². The second-order valence-electron chi connectivity index (χ2n) is 11.7. The molecule has 238 valence electrons. The lowest BCUT2D eigenvalue weighted by Gasteiger charge is -2.36. The number of benzene rings is 3. The van der Waals surface area contributed by atoms with Gasteiger partial charge in [0.15, 0.2) is 0 Å². The smallest absolute Gasteiger partial charge is 0.416 e. The minimum atomic E-state index is -4.43. The number of nitrogens with one attached hydrogen (secondary N) is 1. The number of anilines is 2. The second kappa shape index (κ2) is 14.2. The molecule has 10 heteroatoms. The van der Waals surface area contributed by atoms with Gasteiger partial charge in [0, 0.05) is 49.5 Å². The van der Waals surface area contributed by atoms with Gasteiger partial charge in [-0.3, -0.25) is 14.4 Å². The summed E-state index contributed by atoms with van der Waals surface area (Å²) < 4.78 is 44.2. The van der Waals surface area contributed by atoms with Crippen molar-refractivity contribution in [1.29, 1.82) is 0 Å². The van der Waals surface area contributed by atoms with Crippen LogP contribution < -0.4 is 10.2 Å². The molecule has 2 fully saturated rings. The SMILES string of the molecule is CCOC(=O)[C@H]1CCCN(C(=O)CC2CCN(c3ccc(NC(=O)c4ccccc4-c4ccc(C(F)(F)F)cc4)cc3)CC2)C1. The Kier molecular flexibility index (Phi) is 10.1. The standard InChI is InChI=1S/C35H38F3N3O4/c1-2-45-34(44)26-6-5-19-41(23-26)32(42)22-24-17-20-40(21-18-24)29-15-13-28(14-16-29)39-33(43)31-8-4-3-7-30(31)25-9-11-27(12-10-25)35(36,37)38/h3-4,7-16,24,26H,2,5-6,17-23H2,1H3,(H,39,43)/t26-/m0/s1. The van der Waals surface area contributed by atoms with Crippen LogP contribution in [0.25, 0.3) is 11.1 Å². The molecule has 2 aliphatic heterocycles. The first-order valence-electron chi connectivity index (χ1n) is 15.5. The van der Waals surface area contributed by atoms with Crippen molar-refractivity contribution >= 4 is 29.2 Å². The van der Waals surface area contributed by atoms with Crippen molar-refractivity contribution in [3.63, 3.8) is 0 Å². The molecule has 1 atom stereocenters. The Labute approximate surface area is 261 Å². The van der Waals surface area contributed by atoms with Crippen molar-refractivity contribution in [3.05, 3.63) is 83.9 Å². The molecule has 0 unspecified atom stereocenters. The number of nitrogens with zero attached hydrogens (tertiary/aromatic N) is 2. The number of rotatable bonds is 8. The van der Waals surface area contributed by atoms with Crippen molar-refractivity contribution in [2.75, 3.05) is 43.0 Å². The van der Waals surface area contributed by atoms with Crippen molar-refractivity contribution in [2.24, 2.45) is 11.8 Å². The number of likely N-dealkylation sites (tertiary alicyclic amines) is 1. The van der Waals surface area contributed by atoms with Crippen LogP contribution in [0.4, 0.5) is 24.5 Å². The molecular weight excluding hydrogens is 583 g/mol. The molecule has 45 heavy (non-hydrogen) atoms. The summed E-state index contributed by atoms with van der Waals surface area (Å²) in [5, 5.41) is 2.90. The van der Waals surface area contributed by atoms with Crippen molar-refractivity contribution in [2.45, 2.75) is 45.2 Å². The molecule has 7 nitrogen and oxygen atoms in total. The molecular formula is C35H38F3N3O4. The van der Waals surface area contributed by atoms with E-state index in [9.17, 15) is 27.6 Å². The molecule has 0 bridgehead atoms. The lowest BCUT2D eigenvalue weighted by molar-refractivity contribution is -0.151. The first-order valence-corrected chi connectivity index (χ1v) is 15.5. The molecule has 3 aromatic rings. The second-order valence-corrected chi connectivity index (χ2v) is 11.7. The van der Waals surface area contributed by atoms with Gasteiger partial charge in [0.25, 0.3) is 5.91 Å². The molecule has 3 aromatic carbocycles. The Morgan fingerprint density at radius 3 is 2.24 bits per heavy atom. The van der Waals surface area contributed by atoms with Crippen LogP contribution in [0.15, 0.2) is 72.8 Å². The minimum Gasteiger partial charge on any atom is -0.466 e. The summed E-state index contributed by atoms with van der Waals surface area (Å²) in [5.41, 5.74) is 2.31. The normalized spacial score (nSPS) is 17.6. The van der Waals surface area contributed by atoms with Gasteiger partial charge in [-0.25, -0.2) is 0 Å². The van der Waals surface area contributed by atoms with Gasteiger partial charge in [-0.15, -0.1) is 0 Å². The summed E-state index contributed by atoms with van der Waals surface area (Å²) in [7, 11) is 0. The molecule has 2 heterocycles. The first kappa shape index (κ1) is 32.1. The number of ether oxygens (including phenoxy) is 1. The molecule has 0 saturated carbocycles. The van der Waals surface area contributed by atoms with Crippen LogP contribution in [0.2, 0.25) is 0 Å². The number of piperidine rings is 2. The van der Waals surface area contributed by atoms with Gasteiger partial charge in [-0.05, 0) is 92.1 Å². The molecule has 0 spiro atoms. The molecule has 2 saturated heterocycles. The number of alkyl halides is 3. The van der Waals surface area contributed by atoms with Crippen molar-refractivity contribution in [3.8, 4) is 11.1 Å². The number of esters is 1. The van der Waals surface area contributed by atoms with Gasteiger partial charge >= 0.3 is 12.1 Å². The number of carbonyl (C=O) groups is 3. The van der Waals surface area contributed by atoms with Crippen LogP contribution in [-0.2, 0) is 20.5 Å². The average molecular weight is 622 g/mol. The molecule has 5 rings (SSSR count). The highest BCUT2D eigenvalue weighted by Gasteiger charge is 2.32. The van der Waals surface area contributed by atoms with Crippen LogP contribution in [0.5, 0.6) is 0 Å². The van der Waals surface area contributed by atoms with E-state index in [-0.39, 0.29) is 23.7 Å². The molecule has 0 aromatic heterocycles. The maximum Gasteiger partial charge on any atom is 0.416 e. The van der Waals surface area contributed by atoms with Crippen LogP contribution in [-0.4, -0.2) is 55.5 Å². The number of hydrogen-bond donors (Lipinski definition) is 1. The number of carbonyl (C=O) groups excluding carboxylic acids is 3. The molecule has 2 aliphatic rings. The molecule has 2 amide bonds. The van der Waals surface area contributed by atoms with E-state index in [1.807, 2.05) is 29.2 Å². The predicted octanol–water partition coefficient (Wildman–Crippen LogP) is 7.03. The van der Waals surface area contributed by atoms with Gasteiger partial charge < -0.3 is 19.9 Å². The maximum absolute atomic E-state index is 13.2. The zero-order valence-electron chi connectivity index (χ0n) is 25.3. The van der Waals surface area contributed by atoms with Crippen LogP contribution in [0.3, 0.4) is 0 Å². The summed E-state index contributed by atoms with van der Waals surface area (Å²) >= 11 is 0. The lowest BCUT2D eigenvalue weighted by Crippen LogP contribution is -2.44. The summed E-state index contributed by atoms with van der Waals surface area (Å²) in [6, 6.07) is 19.2. The lowest BCUT2D eigenvalue weighted by atomic mass is 9.91. The summed E-state index contributed by atoms with van der Waals surface area (Å²) in [4.78, 5) is 42.4. The highest BCUT2D eigenvalue weighted by molar-refractivity contribution is 6.08. The zero-order chi connectivity index (χ0) is 32.0. The predicted molar refractivity (Wildman–Crippen MR) is 167 cm³/mol. The fraction of sp³-hybridized carbons (Fsp3) is 0.400. The topological polar surface area (TPSA) is 79.0 Å². The Balaban J connectivity index is 1.13. The van der Waals surface area contributed by atoms with Gasteiger partial charge in [0.05, 0.1) is 18.1 Å². The molecule has 1 N–H and O–H groups in total. The monoisotopic (exact) mass is 621 g/mol. The van der Waals surface area contributed by atoms with E-state index in [1.54, 1.807) is 31.2 Å². The van der Waals surface area contributed by atoms with E-state index in [0.717, 1.165) is 56.6 Å². The highest BCUT2D eigenvalue weighted by atomic mass is 19.4. The van der Waals surface area contributed by atoms with E-state index in [1.165, 1.54) is 12.1 Å². The Morgan fingerprint density at radius 1 is 0.889 bits per heavy atom. The Bertz CT molecular complexity index is 1480. The highest BCUT2D eigenvalue weighted by Crippen LogP contribution is 2.33. The largest absolute Gasteiger partial charge is 0.466 e. The van der Waals surface area contributed by atoms with E-state index < -0.39 is 11.7 Å². The summed E-state index contributed by atoms with van der Waals surface area (Å²) in [5.74, 6) is -0.392. The summed E-state index contributed by atoms with van der Waals surface area (Å²) in [6.45, 7) is 4.91. The van der Waals surface area contributed by atoms with Gasteiger partial charge in [0.1, 0.15) is 0 Å². The van der Waals surface area contributed by atoms with E-state index in [0.29, 0.717) is 54.4 Å².